The number of esters is 1. The highest BCUT2D eigenvalue weighted by Gasteiger charge is 2.35. The lowest BCUT2D eigenvalue weighted by Crippen LogP contribution is -2.50. The van der Waals surface area contributed by atoms with Crippen LogP contribution < -0.4 is 4.90 Å². The Balaban J connectivity index is 2.27. The van der Waals surface area contributed by atoms with Crippen LogP contribution in [-0.2, 0) is 14.3 Å². The van der Waals surface area contributed by atoms with Crippen LogP contribution in [0.25, 0.3) is 0 Å². The van der Waals surface area contributed by atoms with Crippen molar-refractivity contribution in [2.75, 3.05) is 4.90 Å². The van der Waals surface area contributed by atoms with Crippen molar-refractivity contribution in [1.82, 2.24) is 0 Å². The lowest BCUT2D eigenvalue weighted by Gasteiger charge is -2.39. The van der Waals surface area contributed by atoms with E-state index in [0.29, 0.717) is 12.8 Å². The fourth-order valence-electron chi connectivity index (χ4n) is 3.04. The van der Waals surface area contributed by atoms with E-state index in [0.717, 1.165) is 31.4 Å². The largest absolute Gasteiger partial charge is 0.460 e. The van der Waals surface area contributed by atoms with Gasteiger partial charge < -0.3 is 9.64 Å². The van der Waals surface area contributed by atoms with Gasteiger partial charge in [0.15, 0.2) is 0 Å². The van der Waals surface area contributed by atoms with E-state index in [1.165, 1.54) is 0 Å². The third-order valence-corrected chi connectivity index (χ3v) is 4.18. The fraction of sp³-hybridized carbons (Fsp3) is 0.556. The van der Waals surface area contributed by atoms with Gasteiger partial charge in [0.05, 0.1) is 6.04 Å². The zero-order valence-electron chi connectivity index (χ0n) is 13.5. The molecule has 1 aliphatic rings. The second kappa shape index (κ2) is 7.97. The van der Waals surface area contributed by atoms with E-state index in [4.69, 9.17) is 4.74 Å². The first-order chi connectivity index (χ1) is 10.7. The predicted octanol–water partition coefficient (Wildman–Crippen LogP) is 3.69. The van der Waals surface area contributed by atoms with E-state index in [-0.39, 0.29) is 24.0 Å². The number of carbonyl (C=O) groups excluding carboxylic acids is 2. The fourth-order valence-corrected chi connectivity index (χ4v) is 3.04. The number of para-hydroxylation sites is 1. The van der Waals surface area contributed by atoms with Crippen molar-refractivity contribution >= 4 is 17.6 Å². The second-order valence-corrected chi connectivity index (χ2v) is 5.69. The van der Waals surface area contributed by atoms with Crippen molar-refractivity contribution in [1.29, 1.82) is 0 Å². The molecule has 1 aromatic carbocycles. The van der Waals surface area contributed by atoms with Crippen LogP contribution >= 0.6 is 0 Å². The Morgan fingerprint density at radius 3 is 2.41 bits per heavy atom. The standard InChI is InChI=1S/C18H25NO3/c1-3-17(20)19(14-10-6-5-7-11-14)15-12-8-9-13-16(15)22-18(21)4-2/h5-7,10-11,15-16H,3-4,8-9,12-13H2,1-2H3/t15-,16-/m0/s1. The molecule has 0 radical (unpaired) electrons. The van der Waals surface area contributed by atoms with Gasteiger partial charge in [0, 0.05) is 18.5 Å². The van der Waals surface area contributed by atoms with Gasteiger partial charge >= 0.3 is 5.97 Å². The predicted molar refractivity (Wildman–Crippen MR) is 86.6 cm³/mol. The number of hydrogen-bond donors (Lipinski definition) is 0. The van der Waals surface area contributed by atoms with Gasteiger partial charge in [0.2, 0.25) is 5.91 Å². The Kier molecular flexibility index (Phi) is 5.99. The van der Waals surface area contributed by atoms with Crippen LogP contribution in [0, 0.1) is 0 Å². The molecule has 2 rings (SSSR count). The molecule has 1 amide bonds. The van der Waals surface area contributed by atoms with Crippen LogP contribution in [-0.4, -0.2) is 24.0 Å². The second-order valence-electron chi connectivity index (χ2n) is 5.69. The zero-order chi connectivity index (χ0) is 15.9. The molecule has 0 bridgehead atoms. The maximum atomic E-state index is 12.5. The van der Waals surface area contributed by atoms with Crippen LogP contribution in [0.2, 0.25) is 0 Å². The molecule has 4 heteroatoms. The number of ether oxygens (including phenoxy) is 1. The maximum Gasteiger partial charge on any atom is 0.305 e. The van der Waals surface area contributed by atoms with Crippen molar-refractivity contribution in [3.8, 4) is 0 Å². The molecular formula is C18H25NO3. The Morgan fingerprint density at radius 2 is 1.77 bits per heavy atom. The summed E-state index contributed by atoms with van der Waals surface area (Å²) in [5, 5.41) is 0. The average Bonchev–Trinajstić information content (AvgIpc) is 2.57. The molecule has 0 aromatic heterocycles. The molecule has 1 aliphatic carbocycles. The lowest BCUT2D eigenvalue weighted by atomic mass is 9.90. The molecule has 22 heavy (non-hydrogen) atoms. The van der Waals surface area contributed by atoms with Gasteiger partial charge in [-0.05, 0) is 31.4 Å². The molecule has 2 atom stereocenters. The highest BCUT2D eigenvalue weighted by molar-refractivity contribution is 5.93. The first-order valence-electron chi connectivity index (χ1n) is 8.24. The summed E-state index contributed by atoms with van der Waals surface area (Å²) in [5.74, 6) is -0.107. The normalized spacial score (nSPS) is 21.2. The SMILES string of the molecule is CCC(=O)O[C@H]1CCCC[C@@H]1N(C(=O)CC)c1ccccc1. The van der Waals surface area contributed by atoms with E-state index in [9.17, 15) is 9.59 Å². The summed E-state index contributed by atoms with van der Waals surface area (Å²) >= 11 is 0. The molecule has 0 unspecified atom stereocenters. The number of rotatable bonds is 5. The number of nitrogens with zero attached hydrogens (tertiary/aromatic N) is 1. The topological polar surface area (TPSA) is 46.6 Å². The minimum Gasteiger partial charge on any atom is -0.460 e. The molecule has 0 saturated heterocycles. The number of benzene rings is 1. The third kappa shape index (κ3) is 3.87. The van der Waals surface area contributed by atoms with Crippen molar-refractivity contribution < 1.29 is 14.3 Å². The summed E-state index contributed by atoms with van der Waals surface area (Å²) in [6, 6.07) is 9.64. The van der Waals surface area contributed by atoms with Crippen LogP contribution in [0.3, 0.4) is 0 Å². The zero-order valence-corrected chi connectivity index (χ0v) is 13.5. The molecule has 1 saturated carbocycles. The third-order valence-electron chi connectivity index (χ3n) is 4.18. The van der Waals surface area contributed by atoms with E-state index in [2.05, 4.69) is 0 Å². The summed E-state index contributed by atoms with van der Waals surface area (Å²) in [6.07, 6.45) is 4.43. The summed E-state index contributed by atoms with van der Waals surface area (Å²) in [6.45, 7) is 3.67. The molecule has 0 aliphatic heterocycles. The van der Waals surface area contributed by atoms with Crippen LogP contribution in [0.4, 0.5) is 5.69 Å². The smallest absolute Gasteiger partial charge is 0.305 e. The van der Waals surface area contributed by atoms with E-state index >= 15 is 0 Å². The summed E-state index contributed by atoms with van der Waals surface area (Å²) in [7, 11) is 0. The quantitative estimate of drug-likeness (QED) is 0.779. The minimum absolute atomic E-state index is 0.0564. The molecule has 1 aromatic rings. The summed E-state index contributed by atoms with van der Waals surface area (Å²) in [4.78, 5) is 26.0. The van der Waals surface area contributed by atoms with Crippen LogP contribution in [0.1, 0.15) is 52.4 Å². The first kappa shape index (κ1) is 16.5. The Labute approximate surface area is 132 Å². The number of anilines is 1. The maximum absolute atomic E-state index is 12.5. The van der Waals surface area contributed by atoms with Crippen molar-refractivity contribution in [2.45, 2.75) is 64.5 Å². The number of carbonyl (C=O) groups is 2. The van der Waals surface area contributed by atoms with E-state index < -0.39 is 0 Å². The minimum atomic E-state index is -0.197. The monoisotopic (exact) mass is 303 g/mol. The first-order valence-corrected chi connectivity index (χ1v) is 8.24. The molecule has 0 N–H and O–H groups in total. The molecule has 4 nitrogen and oxygen atoms in total. The van der Waals surface area contributed by atoms with Crippen LogP contribution in [0.5, 0.6) is 0 Å². The molecule has 120 valence electrons. The Bertz CT molecular complexity index is 500. The molecule has 0 spiro atoms. The molecule has 0 heterocycles. The Hall–Kier alpha value is -1.84. The van der Waals surface area contributed by atoms with Gasteiger partial charge in [-0.2, -0.15) is 0 Å². The summed E-state index contributed by atoms with van der Waals surface area (Å²) in [5.41, 5.74) is 0.888. The Morgan fingerprint density at radius 1 is 1.09 bits per heavy atom. The highest BCUT2D eigenvalue weighted by Crippen LogP contribution is 2.30. The molecular weight excluding hydrogens is 278 g/mol. The van der Waals surface area contributed by atoms with Crippen molar-refractivity contribution in [3.05, 3.63) is 30.3 Å². The van der Waals surface area contributed by atoms with E-state index in [1.54, 1.807) is 6.92 Å². The van der Waals surface area contributed by atoms with Gasteiger partial charge in [-0.3, -0.25) is 9.59 Å². The van der Waals surface area contributed by atoms with Gasteiger partial charge in [-0.25, -0.2) is 0 Å². The lowest BCUT2D eigenvalue weighted by molar-refractivity contribution is -0.151. The average molecular weight is 303 g/mol. The number of amides is 1. The molecule has 1 fully saturated rings. The van der Waals surface area contributed by atoms with Gasteiger partial charge in [-0.1, -0.05) is 38.5 Å². The van der Waals surface area contributed by atoms with Crippen LogP contribution in [0.15, 0.2) is 30.3 Å². The van der Waals surface area contributed by atoms with Crippen molar-refractivity contribution in [3.63, 3.8) is 0 Å². The highest BCUT2D eigenvalue weighted by atomic mass is 16.5. The number of hydrogen-bond acceptors (Lipinski definition) is 3. The van der Waals surface area contributed by atoms with Gasteiger partial charge in [0.1, 0.15) is 6.10 Å². The van der Waals surface area contributed by atoms with Gasteiger partial charge in [-0.15, -0.1) is 0 Å². The van der Waals surface area contributed by atoms with E-state index in [1.807, 2.05) is 42.2 Å². The van der Waals surface area contributed by atoms with Crippen molar-refractivity contribution in [2.24, 2.45) is 0 Å². The summed E-state index contributed by atoms with van der Waals surface area (Å²) < 4.78 is 5.62. The van der Waals surface area contributed by atoms with Gasteiger partial charge in [0.25, 0.3) is 0 Å².